The third kappa shape index (κ3) is 3.01. The van der Waals surface area contributed by atoms with Gasteiger partial charge in [0.1, 0.15) is 4.90 Å². The third-order valence-electron chi connectivity index (χ3n) is 3.54. The normalized spacial score (nSPS) is 21.4. The number of benzene rings is 1. The van der Waals surface area contributed by atoms with Crippen LogP contribution in [0.15, 0.2) is 17.0 Å². The number of nitrogens with one attached hydrogen (secondary N) is 1. The van der Waals surface area contributed by atoms with Crippen LogP contribution in [-0.4, -0.2) is 15.0 Å². The van der Waals surface area contributed by atoms with Gasteiger partial charge in [-0.3, -0.25) is 0 Å². The Hall–Kier alpha value is -0.850. The van der Waals surface area contributed by atoms with Crippen LogP contribution in [0.5, 0.6) is 0 Å². The van der Waals surface area contributed by atoms with Gasteiger partial charge in [0.05, 0.1) is 5.02 Å². The van der Waals surface area contributed by atoms with Crippen molar-refractivity contribution in [1.29, 1.82) is 0 Å². The van der Waals surface area contributed by atoms with Crippen molar-refractivity contribution in [3.8, 4) is 0 Å². The molecule has 1 aromatic carbocycles. The van der Waals surface area contributed by atoms with E-state index in [-0.39, 0.29) is 22.0 Å². The van der Waals surface area contributed by atoms with E-state index in [0.29, 0.717) is 6.54 Å². The third-order valence-corrected chi connectivity index (χ3v) is 5.24. The lowest BCUT2D eigenvalue weighted by Crippen LogP contribution is -2.27. The van der Waals surface area contributed by atoms with Crippen molar-refractivity contribution in [3.63, 3.8) is 0 Å². The molecule has 4 nitrogen and oxygen atoms in total. The Kier molecular flexibility index (Phi) is 3.53. The van der Waals surface area contributed by atoms with Crippen molar-refractivity contribution in [3.05, 3.63) is 23.0 Å². The molecule has 1 aliphatic carbocycles. The molecule has 1 aliphatic rings. The number of hydrogen-bond donors (Lipinski definition) is 2. The number of halogens is 2. The average molecular weight is 307 g/mol. The maximum Gasteiger partial charge on any atom is 0.243 e. The number of nitrogens with two attached hydrogens (primary N) is 1. The molecule has 106 valence electrons. The van der Waals surface area contributed by atoms with Gasteiger partial charge in [-0.2, -0.15) is 0 Å². The zero-order valence-corrected chi connectivity index (χ0v) is 12.3. The highest BCUT2D eigenvalue weighted by molar-refractivity contribution is 7.89. The molecule has 0 amide bonds. The van der Waals surface area contributed by atoms with Crippen LogP contribution in [0.1, 0.15) is 20.3 Å². The van der Waals surface area contributed by atoms with Crippen LogP contribution >= 0.6 is 11.6 Å². The second-order valence-corrected chi connectivity index (χ2v) is 7.70. The fourth-order valence-corrected chi connectivity index (χ4v) is 3.49. The highest BCUT2D eigenvalue weighted by Gasteiger charge is 2.45. The van der Waals surface area contributed by atoms with Crippen LogP contribution in [-0.2, 0) is 10.0 Å². The second-order valence-electron chi connectivity index (χ2n) is 5.56. The first-order chi connectivity index (χ1) is 8.63. The molecule has 19 heavy (non-hydrogen) atoms. The molecule has 1 atom stereocenters. The molecule has 7 heteroatoms. The lowest BCUT2D eigenvalue weighted by molar-refractivity contribution is 0.531. The number of anilines is 1. The maximum atomic E-state index is 13.8. The standard InChI is InChI=1S/C12H16ClFN2O2S/c1-12(2)5-7(12)6-16-19(17,18)10-4-8(15)3-9(13)11(10)14/h3-4,7,16H,5-6,15H2,1-2H3. The van der Waals surface area contributed by atoms with Crippen molar-refractivity contribution in [2.75, 3.05) is 12.3 Å². The van der Waals surface area contributed by atoms with Gasteiger partial charge in [0.25, 0.3) is 0 Å². The Balaban J connectivity index is 2.20. The van der Waals surface area contributed by atoms with E-state index in [1.54, 1.807) is 0 Å². The summed E-state index contributed by atoms with van der Waals surface area (Å²) in [6, 6.07) is 2.25. The Morgan fingerprint density at radius 3 is 2.63 bits per heavy atom. The first kappa shape index (κ1) is 14.6. The number of sulfonamides is 1. The van der Waals surface area contributed by atoms with Crippen LogP contribution in [0, 0.1) is 17.2 Å². The van der Waals surface area contributed by atoms with Gasteiger partial charge < -0.3 is 5.73 Å². The molecule has 0 heterocycles. The molecule has 0 saturated heterocycles. The van der Waals surface area contributed by atoms with Gasteiger partial charge in [-0.25, -0.2) is 17.5 Å². The lowest BCUT2D eigenvalue weighted by Gasteiger charge is -2.10. The monoisotopic (exact) mass is 306 g/mol. The van der Waals surface area contributed by atoms with Crippen LogP contribution in [0.4, 0.5) is 10.1 Å². The maximum absolute atomic E-state index is 13.8. The molecule has 0 aromatic heterocycles. The SMILES string of the molecule is CC1(C)CC1CNS(=O)(=O)c1cc(N)cc(Cl)c1F. The molecule has 0 radical (unpaired) electrons. The topological polar surface area (TPSA) is 72.2 Å². The summed E-state index contributed by atoms with van der Waals surface area (Å²) >= 11 is 5.60. The molecule has 0 bridgehead atoms. The predicted octanol–water partition coefficient (Wildman–Crippen LogP) is 2.39. The van der Waals surface area contributed by atoms with Gasteiger partial charge in [-0.1, -0.05) is 25.4 Å². The summed E-state index contributed by atoms with van der Waals surface area (Å²) in [5.41, 5.74) is 5.75. The zero-order valence-electron chi connectivity index (χ0n) is 10.7. The van der Waals surface area contributed by atoms with Crippen molar-refractivity contribution in [2.45, 2.75) is 25.2 Å². The van der Waals surface area contributed by atoms with E-state index in [1.165, 1.54) is 6.07 Å². The minimum atomic E-state index is -3.93. The molecule has 1 saturated carbocycles. The van der Waals surface area contributed by atoms with Crippen molar-refractivity contribution in [1.82, 2.24) is 4.72 Å². The second kappa shape index (κ2) is 4.61. The summed E-state index contributed by atoms with van der Waals surface area (Å²) in [7, 11) is -3.93. The lowest BCUT2D eigenvalue weighted by atomic mass is 10.1. The van der Waals surface area contributed by atoms with Crippen LogP contribution in [0.25, 0.3) is 0 Å². The summed E-state index contributed by atoms with van der Waals surface area (Å²) < 4.78 is 40.2. The molecule has 1 fully saturated rings. The van der Waals surface area contributed by atoms with Gasteiger partial charge in [-0.05, 0) is 29.9 Å². The van der Waals surface area contributed by atoms with E-state index in [9.17, 15) is 12.8 Å². The van der Waals surface area contributed by atoms with Crippen LogP contribution in [0.2, 0.25) is 5.02 Å². The Bertz CT molecular complexity index is 616. The van der Waals surface area contributed by atoms with Gasteiger partial charge in [0.2, 0.25) is 10.0 Å². The first-order valence-electron chi connectivity index (χ1n) is 5.88. The van der Waals surface area contributed by atoms with E-state index < -0.39 is 20.7 Å². The van der Waals surface area contributed by atoms with Crippen molar-refractivity contribution in [2.24, 2.45) is 11.3 Å². The number of rotatable bonds is 4. The molecule has 2 rings (SSSR count). The number of hydrogen-bond acceptors (Lipinski definition) is 3. The molecular formula is C12H16ClFN2O2S. The molecule has 1 aromatic rings. The summed E-state index contributed by atoms with van der Waals surface area (Å²) in [5.74, 6) is -0.694. The summed E-state index contributed by atoms with van der Waals surface area (Å²) in [5, 5.41) is -0.299. The van der Waals surface area contributed by atoms with E-state index in [0.717, 1.165) is 12.5 Å². The van der Waals surface area contributed by atoms with E-state index in [4.69, 9.17) is 17.3 Å². The largest absolute Gasteiger partial charge is 0.399 e. The Morgan fingerprint density at radius 2 is 2.11 bits per heavy atom. The highest BCUT2D eigenvalue weighted by Crippen LogP contribution is 2.51. The van der Waals surface area contributed by atoms with Gasteiger partial charge in [0, 0.05) is 12.2 Å². The summed E-state index contributed by atoms with van der Waals surface area (Å²) in [6.45, 7) is 4.41. The summed E-state index contributed by atoms with van der Waals surface area (Å²) in [6.07, 6.45) is 0.954. The molecule has 1 unspecified atom stereocenters. The van der Waals surface area contributed by atoms with E-state index >= 15 is 0 Å². The Morgan fingerprint density at radius 1 is 1.53 bits per heavy atom. The van der Waals surface area contributed by atoms with Crippen LogP contribution < -0.4 is 10.5 Å². The van der Waals surface area contributed by atoms with Crippen LogP contribution in [0.3, 0.4) is 0 Å². The van der Waals surface area contributed by atoms with E-state index in [2.05, 4.69) is 18.6 Å². The molecule has 0 aliphatic heterocycles. The minimum absolute atomic E-state index is 0.110. The van der Waals surface area contributed by atoms with Crippen molar-refractivity contribution < 1.29 is 12.8 Å². The summed E-state index contributed by atoms with van der Waals surface area (Å²) in [4.78, 5) is -0.504. The van der Waals surface area contributed by atoms with Gasteiger partial charge in [0.15, 0.2) is 5.82 Å². The fourth-order valence-electron chi connectivity index (χ4n) is 1.99. The molecule has 3 N–H and O–H groups in total. The first-order valence-corrected chi connectivity index (χ1v) is 7.74. The van der Waals surface area contributed by atoms with E-state index in [1.807, 2.05) is 0 Å². The smallest absolute Gasteiger partial charge is 0.243 e. The predicted molar refractivity (Wildman–Crippen MR) is 72.9 cm³/mol. The Labute approximate surface area is 117 Å². The van der Waals surface area contributed by atoms with Gasteiger partial charge in [-0.15, -0.1) is 0 Å². The minimum Gasteiger partial charge on any atom is -0.399 e. The average Bonchev–Trinajstić information content (AvgIpc) is 2.89. The fraction of sp³-hybridized carbons (Fsp3) is 0.500. The van der Waals surface area contributed by atoms with Gasteiger partial charge >= 0.3 is 0 Å². The van der Waals surface area contributed by atoms with Crippen molar-refractivity contribution >= 4 is 27.3 Å². The highest BCUT2D eigenvalue weighted by atomic mass is 35.5. The molecule has 0 spiro atoms. The molecular weight excluding hydrogens is 291 g/mol. The quantitative estimate of drug-likeness (QED) is 0.839. The zero-order chi connectivity index (χ0) is 14.4. The number of nitrogen functional groups attached to an aromatic ring is 1.